The zero-order valence-corrected chi connectivity index (χ0v) is 13.3. The third kappa shape index (κ3) is 3.19. The Balaban J connectivity index is 2.32. The second kappa shape index (κ2) is 6.37. The molecule has 1 N–H and O–H groups in total. The first kappa shape index (κ1) is 15.0. The molecule has 0 spiro atoms. The molecule has 20 heavy (non-hydrogen) atoms. The molecule has 0 aliphatic carbocycles. The predicted octanol–water partition coefficient (Wildman–Crippen LogP) is 3.33. The van der Waals surface area contributed by atoms with Crippen molar-refractivity contribution in [3.8, 4) is 0 Å². The molecule has 2 aromatic rings. The number of hydrogen-bond acceptors (Lipinski definition) is 3. The van der Waals surface area contributed by atoms with Crippen LogP contribution in [0.5, 0.6) is 0 Å². The number of hydrogen-bond donors (Lipinski definition) is 1. The Morgan fingerprint density at radius 2 is 2.25 bits per heavy atom. The molecule has 0 saturated heterocycles. The third-order valence-corrected chi connectivity index (χ3v) is 3.51. The summed E-state index contributed by atoms with van der Waals surface area (Å²) in [6.45, 7) is 8.14. The minimum Gasteiger partial charge on any atom is -0.313 e. The standard InChI is InChI=1S/C15H21ClN4/c1-5-6-17-9-10(2)7-12-8-13-11(3)19-20(4)15(13)18-14(12)16/h7-8,17H,5-6,9H2,1-4H3. The monoisotopic (exact) mass is 292 g/mol. The zero-order valence-electron chi connectivity index (χ0n) is 12.5. The highest BCUT2D eigenvalue weighted by molar-refractivity contribution is 6.31. The van der Waals surface area contributed by atoms with Crippen LogP contribution in [0.2, 0.25) is 5.15 Å². The number of nitrogens with zero attached hydrogens (tertiary/aromatic N) is 3. The van der Waals surface area contributed by atoms with Crippen LogP contribution in [0, 0.1) is 6.92 Å². The molecule has 108 valence electrons. The largest absolute Gasteiger partial charge is 0.313 e. The summed E-state index contributed by atoms with van der Waals surface area (Å²) in [5.41, 5.74) is 3.99. The summed E-state index contributed by atoms with van der Waals surface area (Å²) < 4.78 is 1.76. The van der Waals surface area contributed by atoms with Crippen LogP contribution in [0.15, 0.2) is 11.6 Å². The highest BCUT2D eigenvalue weighted by atomic mass is 35.5. The van der Waals surface area contributed by atoms with Crippen molar-refractivity contribution in [1.82, 2.24) is 20.1 Å². The van der Waals surface area contributed by atoms with Gasteiger partial charge in [0.1, 0.15) is 5.15 Å². The van der Waals surface area contributed by atoms with Crippen LogP contribution in [0.4, 0.5) is 0 Å². The fourth-order valence-corrected chi connectivity index (χ4v) is 2.41. The van der Waals surface area contributed by atoms with E-state index in [1.807, 2.05) is 14.0 Å². The Hall–Kier alpha value is -1.39. The van der Waals surface area contributed by atoms with E-state index >= 15 is 0 Å². The van der Waals surface area contributed by atoms with Gasteiger partial charge < -0.3 is 5.32 Å². The van der Waals surface area contributed by atoms with E-state index in [4.69, 9.17) is 11.6 Å². The van der Waals surface area contributed by atoms with Gasteiger partial charge in [-0.05, 0) is 32.9 Å². The molecule has 0 radical (unpaired) electrons. The maximum atomic E-state index is 6.27. The van der Waals surface area contributed by atoms with Crippen LogP contribution >= 0.6 is 11.6 Å². The van der Waals surface area contributed by atoms with Crippen molar-refractivity contribution < 1.29 is 0 Å². The molecule has 0 fully saturated rings. The van der Waals surface area contributed by atoms with Crippen molar-refractivity contribution in [1.29, 1.82) is 0 Å². The fraction of sp³-hybridized carbons (Fsp3) is 0.467. The van der Waals surface area contributed by atoms with Crippen molar-refractivity contribution in [2.45, 2.75) is 27.2 Å². The summed E-state index contributed by atoms with van der Waals surface area (Å²) in [6, 6.07) is 2.07. The van der Waals surface area contributed by atoms with E-state index in [1.165, 1.54) is 5.57 Å². The van der Waals surface area contributed by atoms with Gasteiger partial charge in [0.15, 0.2) is 5.65 Å². The van der Waals surface area contributed by atoms with Crippen LogP contribution in [0.1, 0.15) is 31.5 Å². The topological polar surface area (TPSA) is 42.7 Å². The average molecular weight is 293 g/mol. The third-order valence-electron chi connectivity index (χ3n) is 3.21. The van der Waals surface area contributed by atoms with Crippen LogP contribution in [0.25, 0.3) is 17.1 Å². The first-order valence-electron chi connectivity index (χ1n) is 6.90. The van der Waals surface area contributed by atoms with E-state index in [0.717, 1.165) is 41.8 Å². The summed E-state index contributed by atoms with van der Waals surface area (Å²) in [5.74, 6) is 0. The maximum Gasteiger partial charge on any atom is 0.159 e. The second-order valence-corrected chi connectivity index (χ2v) is 5.47. The fourth-order valence-electron chi connectivity index (χ4n) is 2.22. The van der Waals surface area contributed by atoms with E-state index in [1.54, 1.807) is 4.68 Å². The lowest BCUT2D eigenvalue weighted by Gasteiger charge is -2.05. The molecular formula is C15H21ClN4. The molecule has 4 nitrogen and oxygen atoms in total. The van der Waals surface area contributed by atoms with Crippen molar-refractivity contribution in [2.75, 3.05) is 13.1 Å². The maximum absolute atomic E-state index is 6.27. The first-order chi connectivity index (χ1) is 9.52. The Labute approximate surface area is 124 Å². The summed E-state index contributed by atoms with van der Waals surface area (Å²) in [6.07, 6.45) is 3.22. The molecule has 0 aromatic carbocycles. The number of pyridine rings is 1. The lowest BCUT2D eigenvalue weighted by Crippen LogP contribution is -2.16. The normalized spacial score (nSPS) is 12.3. The Bertz CT molecular complexity index is 643. The molecule has 0 atom stereocenters. The van der Waals surface area contributed by atoms with Gasteiger partial charge in [0.2, 0.25) is 0 Å². The molecule has 0 aliphatic rings. The van der Waals surface area contributed by atoms with Gasteiger partial charge in [-0.15, -0.1) is 0 Å². The number of aromatic nitrogens is 3. The van der Waals surface area contributed by atoms with Gasteiger partial charge in [-0.25, -0.2) is 4.98 Å². The molecule has 2 rings (SSSR count). The SMILES string of the molecule is CCCNCC(C)=Cc1cc2c(C)nn(C)c2nc1Cl. The van der Waals surface area contributed by atoms with Crippen LogP contribution in [0.3, 0.4) is 0 Å². The van der Waals surface area contributed by atoms with Gasteiger partial charge in [-0.1, -0.05) is 30.2 Å². The van der Waals surface area contributed by atoms with E-state index in [-0.39, 0.29) is 0 Å². The minimum absolute atomic E-state index is 0.523. The molecule has 0 amide bonds. The molecule has 5 heteroatoms. The van der Waals surface area contributed by atoms with Gasteiger partial charge in [-0.3, -0.25) is 4.68 Å². The predicted molar refractivity (Wildman–Crippen MR) is 85.1 cm³/mol. The van der Waals surface area contributed by atoms with Crippen molar-refractivity contribution in [3.63, 3.8) is 0 Å². The van der Waals surface area contributed by atoms with Crippen LogP contribution < -0.4 is 5.32 Å². The average Bonchev–Trinajstić information content (AvgIpc) is 2.66. The molecule has 2 heterocycles. The molecule has 2 aromatic heterocycles. The lowest BCUT2D eigenvalue weighted by molar-refractivity contribution is 0.715. The van der Waals surface area contributed by atoms with E-state index in [2.05, 4.69) is 41.4 Å². The summed E-state index contributed by atoms with van der Waals surface area (Å²) in [7, 11) is 1.88. The van der Waals surface area contributed by atoms with Gasteiger partial charge in [0.05, 0.1) is 5.69 Å². The zero-order chi connectivity index (χ0) is 14.7. The van der Waals surface area contributed by atoms with Gasteiger partial charge in [-0.2, -0.15) is 5.10 Å². The molecular weight excluding hydrogens is 272 g/mol. The molecule has 0 unspecified atom stereocenters. The highest BCUT2D eigenvalue weighted by Gasteiger charge is 2.10. The first-order valence-corrected chi connectivity index (χ1v) is 7.28. The number of rotatable bonds is 5. The van der Waals surface area contributed by atoms with Crippen molar-refractivity contribution >= 4 is 28.7 Å². The van der Waals surface area contributed by atoms with Crippen molar-refractivity contribution in [2.24, 2.45) is 7.05 Å². The Kier molecular flexibility index (Phi) is 4.78. The van der Waals surface area contributed by atoms with E-state index in [0.29, 0.717) is 5.15 Å². The van der Waals surface area contributed by atoms with Gasteiger partial charge in [0.25, 0.3) is 0 Å². The Morgan fingerprint density at radius 1 is 1.50 bits per heavy atom. The minimum atomic E-state index is 0.523. The second-order valence-electron chi connectivity index (χ2n) is 5.12. The molecule has 0 saturated carbocycles. The Morgan fingerprint density at radius 3 is 2.95 bits per heavy atom. The van der Waals surface area contributed by atoms with E-state index < -0.39 is 0 Å². The smallest absolute Gasteiger partial charge is 0.159 e. The highest BCUT2D eigenvalue weighted by Crippen LogP contribution is 2.24. The number of fused-ring (bicyclic) bond motifs is 1. The summed E-state index contributed by atoms with van der Waals surface area (Å²) in [4.78, 5) is 4.45. The van der Waals surface area contributed by atoms with Gasteiger partial charge in [0, 0.05) is 24.5 Å². The number of nitrogens with one attached hydrogen (secondary N) is 1. The quantitative estimate of drug-likeness (QED) is 0.679. The molecule has 0 bridgehead atoms. The lowest BCUT2D eigenvalue weighted by atomic mass is 10.1. The summed E-state index contributed by atoms with van der Waals surface area (Å²) >= 11 is 6.27. The summed E-state index contributed by atoms with van der Waals surface area (Å²) in [5, 5.41) is 9.33. The van der Waals surface area contributed by atoms with Crippen molar-refractivity contribution in [3.05, 3.63) is 28.0 Å². The number of halogens is 1. The van der Waals surface area contributed by atoms with Crippen LogP contribution in [-0.4, -0.2) is 27.9 Å². The molecule has 0 aliphatic heterocycles. The van der Waals surface area contributed by atoms with Crippen LogP contribution in [-0.2, 0) is 7.05 Å². The number of aryl methyl sites for hydroxylation is 2. The van der Waals surface area contributed by atoms with E-state index in [9.17, 15) is 0 Å². The van der Waals surface area contributed by atoms with Gasteiger partial charge >= 0.3 is 0 Å².